The Morgan fingerprint density at radius 2 is 2.17 bits per heavy atom. The Hall–Kier alpha value is -1.38. The lowest BCUT2D eigenvalue weighted by Gasteiger charge is -2.11. The van der Waals surface area contributed by atoms with E-state index in [1.165, 1.54) is 17.8 Å². The van der Waals surface area contributed by atoms with E-state index in [-0.39, 0.29) is 23.6 Å². The molecule has 0 radical (unpaired) electrons. The van der Waals surface area contributed by atoms with Gasteiger partial charge in [0.2, 0.25) is 10.0 Å². The Bertz CT molecular complexity index is 534. The smallest absolute Gasteiger partial charge is 0.352 e. The SMILES string of the molecule is CC(CCO)NS(=O)(=O)c1cc(C(=O)O)n(C)c1. The highest BCUT2D eigenvalue weighted by Gasteiger charge is 2.21. The number of hydrogen-bond acceptors (Lipinski definition) is 4. The highest BCUT2D eigenvalue weighted by Crippen LogP contribution is 2.14. The minimum atomic E-state index is -3.76. The first-order chi connectivity index (χ1) is 8.27. The third-order valence-electron chi connectivity index (χ3n) is 2.43. The molecule has 0 aromatic carbocycles. The largest absolute Gasteiger partial charge is 0.477 e. The Balaban J connectivity index is 2.99. The maximum absolute atomic E-state index is 11.9. The highest BCUT2D eigenvalue weighted by atomic mass is 32.2. The monoisotopic (exact) mass is 276 g/mol. The third kappa shape index (κ3) is 3.31. The quantitative estimate of drug-likeness (QED) is 0.665. The number of carboxylic acid groups (broad SMARTS) is 1. The van der Waals surface area contributed by atoms with Crippen molar-refractivity contribution in [1.29, 1.82) is 0 Å². The van der Waals surface area contributed by atoms with Crippen LogP contribution in [-0.2, 0) is 17.1 Å². The topological polar surface area (TPSA) is 109 Å². The molecule has 0 aliphatic heterocycles. The minimum absolute atomic E-state index is 0.104. The predicted molar refractivity (Wildman–Crippen MR) is 63.9 cm³/mol. The average Bonchev–Trinajstić information content (AvgIpc) is 2.60. The van der Waals surface area contributed by atoms with Crippen LogP contribution >= 0.6 is 0 Å². The molecular formula is C10H16N2O5S. The van der Waals surface area contributed by atoms with E-state index in [0.717, 1.165) is 6.07 Å². The normalized spacial score (nSPS) is 13.5. The van der Waals surface area contributed by atoms with Crippen molar-refractivity contribution in [2.45, 2.75) is 24.3 Å². The summed E-state index contributed by atoms with van der Waals surface area (Å²) in [4.78, 5) is 10.7. The highest BCUT2D eigenvalue weighted by molar-refractivity contribution is 7.89. The zero-order valence-corrected chi connectivity index (χ0v) is 10.9. The number of aryl methyl sites for hydroxylation is 1. The van der Waals surface area contributed by atoms with E-state index in [4.69, 9.17) is 10.2 Å². The zero-order valence-electron chi connectivity index (χ0n) is 10.1. The minimum Gasteiger partial charge on any atom is -0.477 e. The van der Waals surface area contributed by atoms with Gasteiger partial charge in [0.15, 0.2) is 0 Å². The molecule has 8 heteroatoms. The van der Waals surface area contributed by atoms with Gasteiger partial charge in [-0.2, -0.15) is 0 Å². The first-order valence-corrected chi connectivity index (χ1v) is 6.79. The second kappa shape index (κ2) is 5.51. The molecular weight excluding hydrogens is 260 g/mol. The molecule has 3 N–H and O–H groups in total. The van der Waals surface area contributed by atoms with Gasteiger partial charge in [0.1, 0.15) is 10.6 Å². The van der Waals surface area contributed by atoms with Crippen LogP contribution in [0.5, 0.6) is 0 Å². The van der Waals surface area contributed by atoms with Crippen LogP contribution in [0, 0.1) is 0 Å². The first-order valence-electron chi connectivity index (χ1n) is 5.30. The Morgan fingerprint density at radius 1 is 1.56 bits per heavy atom. The molecule has 1 aromatic rings. The number of aromatic nitrogens is 1. The molecule has 1 aromatic heterocycles. The molecule has 18 heavy (non-hydrogen) atoms. The molecule has 0 aliphatic rings. The molecule has 0 aliphatic carbocycles. The van der Waals surface area contributed by atoms with Gasteiger partial charge >= 0.3 is 5.97 Å². The van der Waals surface area contributed by atoms with E-state index < -0.39 is 22.0 Å². The summed E-state index contributed by atoms with van der Waals surface area (Å²) < 4.78 is 27.4. The summed E-state index contributed by atoms with van der Waals surface area (Å²) in [6.45, 7) is 1.49. The number of aromatic carboxylic acids is 1. The molecule has 7 nitrogen and oxygen atoms in total. The van der Waals surface area contributed by atoms with Crippen molar-refractivity contribution in [3.63, 3.8) is 0 Å². The Labute approximate surface area is 105 Å². The van der Waals surface area contributed by atoms with Crippen molar-refractivity contribution in [3.05, 3.63) is 18.0 Å². The number of carbonyl (C=O) groups is 1. The van der Waals surface area contributed by atoms with Gasteiger partial charge in [-0.3, -0.25) is 0 Å². The molecule has 1 rings (SSSR count). The van der Waals surface area contributed by atoms with Crippen LogP contribution in [0.3, 0.4) is 0 Å². The van der Waals surface area contributed by atoms with Gasteiger partial charge in [-0.1, -0.05) is 0 Å². The number of nitrogens with zero attached hydrogens (tertiary/aromatic N) is 1. The summed E-state index contributed by atoms with van der Waals surface area (Å²) >= 11 is 0. The van der Waals surface area contributed by atoms with E-state index in [0.29, 0.717) is 0 Å². The fraction of sp³-hybridized carbons (Fsp3) is 0.500. The van der Waals surface area contributed by atoms with E-state index in [9.17, 15) is 13.2 Å². The Kier molecular flexibility index (Phi) is 4.49. The fourth-order valence-electron chi connectivity index (χ4n) is 1.48. The summed E-state index contributed by atoms with van der Waals surface area (Å²) in [7, 11) is -2.30. The van der Waals surface area contributed by atoms with Crippen molar-refractivity contribution in [2.75, 3.05) is 6.61 Å². The maximum atomic E-state index is 11.9. The van der Waals surface area contributed by atoms with E-state index in [2.05, 4.69) is 4.72 Å². The van der Waals surface area contributed by atoms with E-state index in [1.807, 2.05) is 0 Å². The van der Waals surface area contributed by atoms with Crippen LogP contribution in [-0.4, -0.2) is 41.8 Å². The average molecular weight is 276 g/mol. The van der Waals surface area contributed by atoms with Crippen LogP contribution < -0.4 is 4.72 Å². The standard InChI is InChI=1S/C10H16N2O5S/c1-7(3-4-13)11-18(16,17)8-5-9(10(14)15)12(2)6-8/h5-7,11,13H,3-4H2,1-2H3,(H,14,15). The van der Waals surface area contributed by atoms with E-state index in [1.54, 1.807) is 6.92 Å². The van der Waals surface area contributed by atoms with Gasteiger partial charge in [-0.05, 0) is 19.4 Å². The number of hydrogen-bond donors (Lipinski definition) is 3. The molecule has 0 spiro atoms. The predicted octanol–water partition coefficient (Wildman–Crippen LogP) is -0.227. The number of aliphatic hydroxyl groups excluding tert-OH is 1. The molecule has 0 saturated heterocycles. The van der Waals surface area contributed by atoms with Gasteiger partial charge in [0.05, 0.1) is 0 Å². The summed E-state index contributed by atoms with van der Waals surface area (Å²) in [6, 6.07) is 0.671. The molecule has 0 fully saturated rings. The third-order valence-corrected chi connectivity index (χ3v) is 3.98. The zero-order chi connectivity index (χ0) is 13.9. The van der Waals surface area contributed by atoms with Crippen molar-refractivity contribution in [3.8, 4) is 0 Å². The van der Waals surface area contributed by atoms with Crippen molar-refractivity contribution in [1.82, 2.24) is 9.29 Å². The van der Waals surface area contributed by atoms with E-state index >= 15 is 0 Å². The van der Waals surface area contributed by atoms with Gasteiger partial charge < -0.3 is 14.8 Å². The molecule has 1 atom stereocenters. The summed E-state index contributed by atoms with van der Waals surface area (Å²) in [5, 5.41) is 17.6. The molecule has 0 saturated carbocycles. The first kappa shape index (κ1) is 14.7. The molecule has 102 valence electrons. The van der Waals surface area contributed by atoms with Gasteiger partial charge in [0, 0.05) is 25.9 Å². The van der Waals surface area contributed by atoms with Gasteiger partial charge in [0.25, 0.3) is 0 Å². The number of carboxylic acids is 1. The second-order valence-corrected chi connectivity index (χ2v) is 5.73. The van der Waals surface area contributed by atoms with Crippen LogP contribution in [0.2, 0.25) is 0 Å². The van der Waals surface area contributed by atoms with Crippen molar-refractivity contribution < 1.29 is 23.4 Å². The summed E-state index contributed by atoms with van der Waals surface area (Å²) in [5.41, 5.74) is -0.106. The van der Waals surface area contributed by atoms with Crippen LogP contribution in [0.1, 0.15) is 23.8 Å². The fourth-order valence-corrected chi connectivity index (χ4v) is 2.83. The van der Waals surface area contributed by atoms with Crippen LogP contribution in [0.15, 0.2) is 17.2 Å². The molecule has 0 amide bonds. The number of rotatable bonds is 6. The lowest BCUT2D eigenvalue weighted by Crippen LogP contribution is -2.33. The summed E-state index contributed by atoms with van der Waals surface area (Å²) in [5.74, 6) is -1.19. The molecule has 1 unspecified atom stereocenters. The van der Waals surface area contributed by atoms with Crippen molar-refractivity contribution >= 4 is 16.0 Å². The van der Waals surface area contributed by atoms with Crippen LogP contribution in [0.4, 0.5) is 0 Å². The second-order valence-electron chi connectivity index (χ2n) is 4.01. The number of sulfonamides is 1. The van der Waals surface area contributed by atoms with Gasteiger partial charge in [-0.15, -0.1) is 0 Å². The maximum Gasteiger partial charge on any atom is 0.352 e. The van der Waals surface area contributed by atoms with Crippen molar-refractivity contribution in [2.24, 2.45) is 7.05 Å². The Morgan fingerprint density at radius 3 is 2.61 bits per heavy atom. The van der Waals surface area contributed by atoms with Crippen LogP contribution in [0.25, 0.3) is 0 Å². The lowest BCUT2D eigenvalue weighted by molar-refractivity contribution is 0.0686. The molecule has 0 bridgehead atoms. The van der Waals surface area contributed by atoms with Gasteiger partial charge in [-0.25, -0.2) is 17.9 Å². The molecule has 1 heterocycles. The number of aliphatic hydroxyl groups is 1. The lowest BCUT2D eigenvalue weighted by atomic mass is 10.3. The number of nitrogens with one attached hydrogen (secondary N) is 1. The summed E-state index contributed by atoms with van der Waals surface area (Å²) in [6.07, 6.45) is 1.52.